The van der Waals surface area contributed by atoms with Crippen molar-refractivity contribution in [2.45, 2.75) is 6.42 Å². The fourth-order valence-electron chi connectivity index (χ4n) is 0.971. The highest BCUT2D eigenvalue weighted by molar-refractivity contribution is 6.30. The molecule has 0 fully saturated rings. The van der Waals surface area contributed by atoms with Crippen LogP contribution in [0.2, 0.25) is 5.02 Å². The van der Waals surface area contributed by atoms with Gasteiger partial charge in [-0.25, -0.2) is 4.79 Å². The molecule has 0 atom stereocenters. The van der Waals surface area contributed by atoms with Gasteiger partial charge in [-0.05, 0) is 18.2 Å². The smallest absolute Gasteiger partial charge is 0.308 e. The Kier molecular flexibility index (Phi) is 4.30. The Morgan fingerprint density at radius 3 is 2.81 bits per heavy atom. The number of hydrogen-bond donors (Lipinski definition) is 2. The van der Waals surface area contributed by atoms with E-state index in [1.807, 2.05) is 5.32 Å². The number of nitrogens with zero attached hydrogens (tertiary/aromatic N) is 1. The minimum absolute atomic E-state index is 0.358. The molecule has 0 heterocycles. The summed E-state index contributed by atoms with van der Waals surface area (Å²) < 4.78 is 0. The molecule has 0 aliphatic heterocycles. The van der Waals surface area contributed by atoms with Gasteiger partial charge in [-0.2, -0.15) is 5.26 Å². The molecule has 82 valence electrons. The number of imide groups is 1. The van der Waals surface area contributed by atoms with Crippen LogP contribution < -0.4 is 10.6 Å². The van der Waals surface area contributed by atoms with E-state index in [1.165, 1.54) is 6.07 Å². The maximum Gasteiger partial charge on any atom is 0.325 e. The third kappa shape index (κ3) is 3.98. The van der Waals surface area contributed by atoms with Crippen molar-refractivity contribution in [2.24, 2.45) is 0 Å². The van der Waals surface area contributed by atoms with Gasteiger partial charge in [-0.15, -0.1) is 0 Å². The predicted molar refractivity (Wildman–Crippen MR) is 58.8 cm³/mol. The standard InChI is InChI=1S/C10H8ClN3O2/c11-7-2-1-3-8(6-7)13-10(16)14-9(15)4-5-12/h1-3,6H,4H2,(H2,13,14,15,16). The molecule has 0 spiro atoms. The van der Waals surface area contributed by atoms with Gasteiger partial charge in [0.1, 0.15) is 6.42 Å². The molecule has 6 heteroatoms. The van der Waals surface area contributed by atoms with Crippen molar-refractivity contribution < 1.29 is 9.59 Å². The molecule has 5 nitrogen and oxygen atoms in total. The molecule has 1 rings (SSSR count). The Bertz CT molecular complexity index is 454. The summed E-state index contributed by atoms with van der Waals surface area (Å²) in [5.74, 6) is -0.651. The molecular weight excluding hydrogens is 230 g/mol. The number of rotatable bonds is 2. The molecule has 2 N–H and O–H groups in total. The fourth-order valence-corrected chi connectivity index (χ4v) is 1.16. The average Bonchev–Trinajstić information content (AvgIpc) is 2.17. The number of urea groups is 1. The number of amides is 3. The van der Waals surface area contributed by atoms with E-state index >= 15 is 0 Å². The van der Waals surface area contributed by atoms with E-state index in [0.29, 0.717) is 10.7 Å². The Balaban J connectivity index is 2.52. The average molecular weight is 238 g/mol. The number of benzene rings is 1. The SMILES string of the molecule is N#CCC(=O)NC(=O)Nc1cccc(Cl)c1. The molecule has 0 bridgehead atoms. The Morgan fingerprint density at radius 2 is 2.19 bits per heavy atom. The van der Waals surface area contributed by atoms with Gasteiger partial charge in [0, 0.05) is 10.7 Å². The summed E-state index contributed by atoms with van der Waals surface area (Å²) in [5, 5.41) is 13.1. The molecular formula is C10H8ClN3O2. The summed E-state index contributed by atoms with van der Waals surface area (Å²) in [6.45, 7) is 0. The first-order valence-corrected chi connectivity index (χ1v) is 4.73. The highest BCUT2D eigenvalue weighted by Gasteiger charge is 2.06. The van der Waals surface area contributed by atoms with Crippen LogP contribution in [0.25, 0.3) is 0 Å². The van der Waals surface area contributed by atoms with Crippen LogP contribution in [0.3, 0.4) is 0 Å². The number of halogens is 1. The van der Waals surface area contributed by atoms with E-state index in [4.69, 9.17) is 16.9 Å². The van der Waals surface area contributed by atoms with Gasteiger partial charge < -0.3 is 5.32 Å². The Morgan fingerprint density at radius 1 is 1.44 bits per heavy atom. The number of nitrogens with one attached hydrogen (secondary N) is 2. The van der Waals surface area contributed by atoms with Gasteiger partial charge in [0.2, 0.25) is 5.91 Å². The van der Waals surface area contributed by atoms with Crippen LogP contribution in [0.15, 0.2) is 24.3 Å². The van der Waals surface area contributed by atoms with Crippen LogP contribution in [-0.2, 0) is 4.79 Å². The van der Waals surface area contributed by atoms with E-state index in [9.17, 15) is 9.59 Å². The minimum Gasteiger partial charge on any atom is -0.308 e. The van der Waals surface area contributed by atoms with Crippen LogP contribution in [0.1, 0.15) is 6.42 Å². The largest absolute Gasteiger partial charge is 0.325 e. The lowest BCUT2D eigenvalue weighted by atomic mass is 10.3. The highest BCUT2D eigenvalue weighted by atomic mass is 35.5. The zero-order valence-corrected chi connectivity index (χ0v) is 8.91. The lowest BCUT2D eigenvalue weighted by Crippen LogP contribution is -2.33. The minimum atomic E-state index is -0.692. The quantitative estimate of drug-likeness (QED) is 0.824. The normalized spacial score (nSPS) is 9.00. The maximum absolute atomic E-state index is 11.2. The van der Waals surface area contributed by atoms with Crippen molar-refractivity contribution >= 4 is 29.2 Å². The second-order valence-electron chi connectivity index (χ2n) is 2.85. The summed E-state index contributed by atoms with van der Waals surface area (Å²) in [6, 6.07) is 7.42. The summed E-state index contributed by atoms with van der Waals surface area (Å²) in [5.41, 5.74) is 0.467. The third-order valence-electron chi connectivity index (χ3n) is 1.58. The van der Waals surface area contributed by atoms with Gasteiger partial charge in [-0.3, -0.25) is 10.1 Å². The van der Waals surface area contributed by atoms with E-state index in [0.717, 1.165) is 0 Å². The molecule has 1 aromatic carbocycles. The Hall–Kier alpha value is -2.06. The fraction of sp³-hybridized carbons (Fsp3) is 0.100. The van der Waals surface area contributed by atoms with Crippen LogP contribution in [0, 0.1) is 11.3 Å². The molecule has 0 radical (unpaired) electrons. The topological polar surface area (TPSA) is 82.0 Å². The molecule has 0 aliphatic rings. The molecule has 0 saturated heterocycles. The second kappa shape index (κ2) is 5.73. The first kappa shape index (κ1) is 12.0. The van der Waals surface area contributed by atoms with Crippen molar-refractivity contribution in [3.63, 3.8) is 0 Å². The van der Waals surface area contributed by atoms with Gasteiger partial charge in [-0.1, -0.05) is 17.7 Å². The first-order valence-electron chi connectivity index (χ1n) is 4.35. The van der Waals surface area contributed by atoms with Crippen LogP contribution >= 0.6 is 11.6 Å². The lowest BCUT2D eigenvalue weighted by molar-refractivity contribution is -0.118. The molecule has 0 aliphatic carbocycles. The third-order valence-corrected chi connectivity index (χ3v) is 1.81. The van der Waals surface area contributed by atoms with E-state index < -0.39 is 11.9 Å². The first-order chi connectivity index (χ1) is 7.61. The molecule has 16 heavy (non-hydrogen) atoms. The van der Waals surface area contributed by atoms with Gasteiger partial charge in [0.05, 0.1) is 6.07 Å². The van der Waals surface area contributed by atoms with Crippen LogP contribution in [0.5, 0.6) is 0 Å². The molecule has 0 aromatic heterocycles. The lowest BCUT2D eigenvalue weighted by Gasteiger charge is -2.05. The van der Waals surface area contributed by atoms with Crippen molar-refractivity contribution in [2.75, 3.05) is 5.32 Å². The highest BCUT2D eigenvalue weighted by Crippen LogP contribution is 2.14. The zero-order chi connectivity index (χ0) is 12.0. The molecule has 3 amide bonds. The van der Waals surface area contributed by atoms with E-state index in [1.54, 1.807) is 24.3 Å². The van der Waals surface area contributed by atoms with E-state index in [-0.39, 0.29) is 6.42 Å². The van der Waals surface area contributed by atoms with Gasteiger partial charge in [0.15, 0.2) is 0 Å². The van der Waals surface area contributed by atoms with Crippen LogP contribution in [0.4, 0.5) is 10.5 Å². The summed E-state index contributed by atoms with van der Waals surface area (Å²) in [7, 11) is 0. The molecule has 0 saturated carbocycles. The molecule has 1 aromatic rings. The van der Waals surface area contributed by atoms with Crippen molar-refractivity contribution in [3.8, 4) is 6.07 Å². The number of hydrogen-bond acceptors (Lipinski definition) is 3. The second-order valence-corrected chi connectivity index (χ2v) is 3.28. The van der Waals surface area contributed by atoms with Gasteiger partial charge in [0.25, 0.3) is 0 Å². The zero-order valence-electron chi connectivity index (χ0n) is 8.16. The summed E-state index contributed by atoms with van der Waals surface area (Å²) in [6.07, 6.45) is -0.358. The number of carbonyl (C=O) groups is 2. The van der Waals surface area contributed by atoms with Crippen molar-refractivity contribution in [1.82, 2.24) is 5.32 Å². The molecule has 0 unspecified atom stereocenters. The Labute approximate surface area is 97.0 Å². The predicted octanol–water partition coefficient (Wildman–Crippen LogP) is 1.90. The number of nitriles is 1. The number of carbonyl (C=O) groups excluding carboxylic acids is 2. The van der Waals surface area contributed by atoms with E-state index in [2.05, 4.69) is 5.32 Å². The maximum atomic E-state index is 11.2. The summed E-state index contributed by atoms with van der Waals surface area (Å²) in [4.78, 5) is 22.1. The number of anilines is 1. The van der Waals surface area contributed by atoms with Crippen molar-refractivity contribution in [3.05, 3.63) is 29.3 Å². The van der Waals surface area contributed by atoms with Gasteiger partial charge >= 0.3 is 6.03 Å². The monoisotopic (exact) mass is 237 g/mol. The summed E-state index contributed by atoms with van der Waals surface area (Å²) >= 11 is 5.70. The van der Waals surface area contributed by atoms with Crippen molar-refractivity contribution in [1.29, 1.82) is 5.26 Å². The van der Waals surface area contributed by atoms with Crippen LogP contribution in [-0.4, -0.2) is 11.9 Å².